The molecule has 2 aliphatic heterocycles. The first-order chi connectivity index (χ1) is 9.63. The van der Waals surface area contributed by atoms with Gasteiger partial charge in [-0.1, -0.05) is 0 Å². The van der Waals surface area contributed by atoms with Crippen molar-refractivity contribution in [1.82, 2.24) is 9.80 Å². The summed E-state index contributed by atoms with van der Waals surface area (Å²) in [5.41, 5.74) is 0. The predicted octanol–water partition coefficient (Wildman–Crippen LogP) is 1.38. The molecule has 7 heteroatoms. The molecule has 2 rings (SSSR count). The summed E-state index contributed by atoms with van der Waals surface area (Å²) in [5, 5.41) is 9.09. The van der Waals surface area contributed by atoms with E-state index in [1.807, 2.05) is 0 Å². The molecule has 6 nitrogen and oxygen atoms in total. The van der Waals surface area contributed by atoms with E-state index < -0.39 is 6.09 Å². The second kappa shape index (κ2) is 7.13. The summed E-state index contributed by atoms with van der Waals surface area (Å²) >= 11 is 5.72. The summed E-state index contributed by atoms with van der Waals surface area (Å²) < 4.78 is 5.45. The number of amides is 2. The van der Waals surface area contributed by atoms with Gasteiger partial charge in [-0.25, -0.2) is 4.79 Å². The van der Waals surface area contributed by atoms with Crippen molar-refractivity contribution < 1.29 is 19.4 Å². The van der Waals surface area contributed by atoms with Crippen LogP contribution in [0.25, 0.3) is 0 Å². The third-order valence-corrected chi connectivity index (χ3v) is 4.18. The Labute approximate surface area is 123 Å². The zero-order chi connectivity index (χ0) is 14.5. The van der Waals surface area contributed by atoms with E-state index in [1.54, 1.807) is 4.90 Å². The van der Waals surface area contributed by atoms with Gasteiger partial charge in [-0.3, -0.25) is 4.79 Å². The maximum Gasteiger partial charge on any atom is 0.407 e. The molecule has 2 amide bonds. The molecule has 0 aromatic rings. The van der Waals surface area contributed by atoms with Gasteiger partial charge in [0.05, 0.1) is 0 Å². The molecule has 0 bridgehead atoms. The maximum atomic E-state index is 12.5. The molecule has 2 unspecified atom stereocenters. The normalized spacial score (nSPS) is 26.9. The highest BCUT2D eigenvalue weighted by molar-refractivity contribution is 6.17. The third kappa shape index (κ3) is 3.55. The average Bonchev–Trinajstić information content (AvgIpc) is 2.98. The number of piperazine rings is 1. The van der Waals surface area contributed by atoms with Gasteiger partial charge in [0.1, 0.15) is 6.10 Å². The highest BCUT2D eigenvalue weighted by Crippen LogP contribution is 2.21. The smallest absolute Gasteiger partial charge is 0.407 e. The van der Waals surface area contributed by atoms with Crippen LogP contribution in [0.5, 0.6) is 0 Å². The van der Waals surface area contributed by atoms with Gasteiger partial charge in [-0.2, -0.15) is 0 Å². The largest absolute Gasteiger partial charge is 0.465 e. The van der Waals surface area contributed by atoms with Crippen molar-refractivity contribution in [3.8, 4) is 0 Å². The molecule has 0 aromatic heterocycles. The number of carboxylic acid groups (broad SMARTS) is 1. The van der Waals surface area contributed by atoms with Crippen LogP contribution in [0, 0.1) is 0 Å². The molecule has 114 valence electrons. The zero-order valence-corrected chi connectivity index (χ0v) is 12.2. The van der Waals surface area contributed by atoms with Crippen LogP contribution in [-0.2, 0) is 9.53 Å². The molecule has 2 atom stereocenters. The van der Waals surface area contributed by atoms with E-state index in [-0.39, 0.29) is 18.1 Å². The topological polar surface area (TPSA) is 70.1 Å². The zero-order valence-electron chi connectivity index (χ0n) is 11.5. The number of rotatable bonds is 4. The molecule has 2 saturated heterocycles. The van der Waals surface area contributed by atoms with Crippen molar-refractivity contribution in [3.05, 3.63) is 0 Å². The number of carbonyl (C=O) groups excluding carboxylic acids is 1. The highest BCUT2D eigenvalue weighted by atomic mass is 35.5. The van der Waals surface area contributed by atoms with Crippen molar-refractivity contribution in [2.45, 2.75) is 37.8 Å². The fourth-order valence-electron chi connectivity index (χ4n) is 2.84. The molecule has 20 heavy (non-hydrogen) atoms. The molecule has 0 spiro atoms. The highest BCUT2D eigenvalue weighted by Gasteiger charge is 2.36. The molecular weight excluding hydrogens is 284 g/mol. The standard InChI is InChI=1S/C13H21ClN2O4/c14-5-1-3-10-9-15(13(18)19)6-7-16(10)12(17)11-4-2-8-20-11/h10-11H,1-9H2,(H,18,19). The Morgan fingerprint density at radius 2 is 2.15 bits per heavy atom. The lowest BCUT2D eigenvalue weighted by Crippen LogP contribution is -2.58. The van der Waals surface area contributed by atoms with Crippen LogP contribution in [0.2, 0.25) is 0 Å². The van der Waals surface area contributed by atoms with E-state index in [1.165, 1.54) is 4.90 Å². The Hall–Kier alpha value is -1.01. The van der Waals surface area contributed by atoms with Crippen LogP contribution in [0.15, 0.2) is 0 Å². The van der Waals surface area contributed by atoms with E-state index >= 15 is 0 Å². The van der Waals surface area contributed by atoms with E-state index in [0.717, 1.165) is 25.7 Å². The first-order valence-electron chi connectivity index (χ1n) is 7.09. The van der Waals surface area contributed by atoms with Gasteiger partial charge in [0.25, 0.3) is 5.91 Å². The fourth-order valence-corrected chi connectivity index (χ4v) is 2.99. The molecule has 0 aliphatic carbocycles. The van der Waals surface area contributed by atoms with Crippen molar-refractivity contribution >= 4 is 23.6 Å². The summed E-state index contributed by atoms with van der Waals surface area (Å²) in [7, 11) is 0. The van der Waals surface area contributed by atoms with E-state index in [4.69, 9.17) is 21.4 Å². The number of hydrogen-bond donors (Lipinski definition) is 1. The Morgan fingerprint density at radius 1 is 1.35 bits per heavy atom. The van der Waals surface area contributed by atoms with Gasteiger partial charge in [0.2, 0.25) is 0 Å². The van der Waals surface area contributed by atoms with Crippen LogP contribution >= 0.6 is 11.6 Å². The van der Waals surface area contributed by atoms with Gasteiger partial charge in [-0.05, 0) is 25.7 Å². The molecule has 2 aliphatic rings. The number of alkyl halides is 1. The second-order valence-corrected chi connectivity index (χ2v) is 5.62. The van der Waals surface area contributed by atoms with Crippen molar-refractivity contribution in [2.24, 2.45) is 0 Å². The Balaban J connectivity index is 2.00. The lowest BCUT2D eigenvalue weighted by Gasteiger charge is -2.41. The number of halogens is 1. The lowest BCUT2D eigenvalue weighted by atomic mass is 10.1. The van der Waals surface area contributed by atoms with E-state index in [9.17, 15) is 9.59 Å². The van der Waals surface area contributed by atoms with Crippen LogP contribution in [0.4, 0.5) is 4.79 Å². The monoisotopic (exact) mass is 304 g/mol. The number of nitrogens with zero attached hydrogens (tertiary/aromatic N) is 2. The first kappa shape index (κ1) is 15.4. The van der Waals surface area contributed by atoms with Gasteiger partial charge in [0, 0.05) is 38.2 Å². The van der Waals surface area contributed by atoms with Crippen molar-refractivity contribution in [2.75, 3.05) is 32.1 Å². The Bertz CT molecular complexity index is 360. The van der Waals surface area contributed by atoms with Crippen molar-refractivity contribution in [1.29, 1.82) is 0 Å². The van der Waals surface area contributed by atoms with Gasteiger partial charge in [-0.15, -0.1) is 11.6 Å². The molecular formula is C13H21ClN2O4. The summed E-state index contributed by atoms with van der Waals surface area (Å²) in [6, 6.07) is -0.0877. The molecule has 1 N–H and O–H groups in total. The van der Waals surface area contributed by atoms with E-state index in [0.29, 0.717) is 32.1 Å². The van der Waals surface area contributed by atoms with Gasteiger partial charge in [0.15, 0.2) is 0 Å². The number of hydrogen-bond acceptors (Lipinski definition) is 3. The summed E-state index contributed by atoms with van der Waals surface area (Å²) in [5.74, 6) is 0.526. The second-order valence-electron chi connectivity index (χ2n) is 5.25. The first-order valence-corrected chi connectivity index (χ1v) is 7.63. The number of ether oxygens (including phenoxy) is 1. The fraction of sp³-hybridized carbons (Fsp3) is 0.846. The lowest BCUT2D eigenvalue weighted by molar-refractivity contribution is -0.145. The molecule has 0 radical (unpaired) electrons. The predicted molar refractivity (Wildman–Crippen MR) is 74.0 cm³/mol. The Morgan fingerprint density at radius 3 is 2.75 bits per heavy atom. The molecule has 2 fully saturated rings. The minimum atomic E-state index is -0.926. The molecule has 2 heterocycles. The van der Waals surface area contributed by atoms with E-state index in [2.05, 4.69) is 0 Å². The quantitative estimate of drug-likeness (QED) is 0.797. The SMILES string of the molecule is O=C(O)N1CCN(C(=O)C2CCCO2)C(CCCCl)C1. The minimum absolute atomic E-state index is 0.00658. The van der Waals surface area contributed by atoms with Gasteiger partial charge < -0.3 is 19.6 Å². The minimum Gasteiger partial charge on any atom is -0.465 e. The molecule has 0 saturated carbocycles. The van der Waals surface area contributed by atoms with Gasteiger partial charge >= 0.3 is 6.09 Å². The summed E-state index contributed by atoms with van der Waals surface area (Å²) in [6.45, 7) is 1.81. The summed E-state index contributed by atoms with van der Waals surface area (Å²) in [6.07, 6.45) is 1.91. The van der Waals surface area contributed by atoms with Crippen LogP contribution in [0.3, 0.4) is 0 Å². The van der Waals surface area contributed by atoms with Crippen LogP contribution < -0.4 is 0 Å². The number of carbonyl (C=O) groups is 2. The van der Waals surface area contributed by atoms with Crippen LogP contribution in [-0.4, -0.2) is 71.2 Å². The average molecular weight is 305 g/mol. The third-order valence-electron chi connectivity index (χ3n) is 3.91. The van der Waals surface area contributed by atoms with Crippen molar-refractivity contribution in [3.63, 3.8) is 0 Å². The summed E-state index contributed by atoms with van der Waals surface area (Å²) in [4.78, 5) is 26.7. The Kier molecular flexibility index (Phi) is 5.48. The van der Waals surface area contributed by atoms with Crippen LogP contribution in [0.1, 0.15) is 25.7 Å². The molecule has 0 aromatic carbocycles. The maximum absolute atomic E-state index is 12.5.